The molecule has 0 aromatic carbocycles. The van der Waals surface area contributed by atoms with Crippen LogP contribution in [0.5, 0.6) is 0 Å². The van der Waals surface area contributed by atoms with E-state index in [9.17, 15) is 19.4 Å². The molecule has 0 fully saturated rings. The average Bonchev–Trinajstić information content (AvgIpc) is 3.70. The molecule has 0 aromatic rings. The van der Waals surface area contributed by atoms with Crippen molar-refractivity contribution in [2.24, 2.45) is 0 Å². The lowest BCUT2D eigenvalue weighted by Gasteiger charge is -2.25. The molecular weight excluding hydrogens is 1080 g/mol. The topological polar surface area (TPSA) is 105 Å². The summed E-state index contributed by atoms with van der Waals surface area (Å²) in [5.74, 6) is -0.196. The average molecular weight is 1220 g/mol. The van der Waals surface area contributed by atoms with Gasteiger partial charge in [-0.1, -0.05) is 321 Å². The van der Waals surface area contributed by atoms with Crippen molar-refractivity contribution in [1.82, 2.24) is 5.32 Å². The third-order valence-electron chi connectivity index (χ3n) is 15.4. The minimum atomic E-state index is -4.37. The maximum absolute atomic E-state index is 13.1. The van der Waals surface area contributed by atoms with Crippen molar-refractivity contribution in [2.75, 3.05) is 40.9 Å². The van der Waals surface area contributed by atoms with Crippen LogP contribution in [0.4, 0.5) is 0 Å². The number of aliphatic hydroxyl groups is 1. The van der Waals surface area contributed by atoms with Crippen molar-refractivity contribution in [1.29, 1.82) is 0 Å². The number of hydrogen-bond donors (Lipinski definition) is 3. The predicted octanol–water partition coefficient (Wildman–Crippen LogP) is 23.0. The number of carbonyl (C=O) groups excluding carboxylic acids is 1. The molecule has 3 N–H and O–H groups in total. The largest absolute Gasteiger partial charge is 0.472 e. The Bertz CT molecular complexity index is 1870. The maximum atomic E-state index is 13.1. The Morgan fingerprint density at radius 1 is 0.407 bits per heavy atom. The SMILES string of the molecule is CC/C=C\C/C=C\C/C=C\C/C=C\C/C=C\C/C=C\C/C=C\C/C=C\C/C=C\CCCCCCCCCCCC(=O)NC(COP(=O)(O)OCC[N+](C)(C)C)C(O)/C=C/CC/C=C/CCCCCCCCCCCCCCCCCCCCCCC. The van der Waals surface area contributed by atoms with E-state index in [1.54, 1.807) is 6.08 Å². The molecule has 8 nitrogen and oxygen atoms in total. The number of allylic oxidation sites excluding steroid dienone is 21. The molecular formula is C77H136N2O6P+. The molecule has 0 aliphatic heterocycles. The number of amides is 1. The molecule has 0 aliphatic carbocycles. The fourth-order valence-electron chi connectivity index (χ4n) is 9.88. The van der Waals surface area contributed by atoms with Gasteiger partial charge >= 0.3 is 7.82 Å². The molecule has 3 atom stereocenters. The lowest BCUT2D eigenvalue weighted by Crippen LogP contribution is -2.45. The maximum Gasteiger partial charge on any atom is 0.472 e. The van der Waals surface area contributed by atoms with E-state index in [0.29, 0.717) is 17.4 Å². The number of aliphatic hydroxyl groups excluding tert-OH is 1. The molecule has 0 rings (SSSR count). The van der Waals surface area contributed by atoms with Crippen LogP contribution >= 0.6 is 7.82 Å². The van der Waals surface area contributed by atoms with Gasteiger partial charge < -0.3 is 19.8 Å². The molecule has 0 aliphatic rings. The summed E-state index contributed by atoms with van der Waals surface area (Å²) in [6.45, 7) is 4.69. The Morgan fingerprint density at radius 3 is 1.07 bits per heavy atom. The Kier molecular flexibility index (Phi) is 63.5. The van der Waals surface area contributed by atoms with Crippen molar-refractivity contribution < 1.29 is 32.9 Å². The van der Waals surface area contributed by atoms with E-state index in [1.807, 2.05) is 27.2 Å². The van der Waals surface area contributed by atoms with E-state index in [4.69, 9.17) is 9.05 Å². The predicted molar refractivity (Wildman–Crippen MR) is 378 cm³/mol. The van der Waals surface area contributed by atoms with Crippen LogP contribution in [0, 0.1) is 0 Å². The van der Waals surface area contributed by atoms with Gasteiger partial charge in [0.25, 0.3) is 0 Å². The highest BCUT2D eigenvalue weighted by atomic mass is 31.2. The molecule has 9 heteroatoms. The van der Waals surface area contributed by atoms with Gasteiger partial charge in [0.2, 0.25) is 5.91 Å². The van der Waals surface area contributed by atoms with Crippen molar-refractivity contribution in [3.8, 4) is 0 Å². The highest BCUT2D eigenvalue weighted by molar-refractivity contribution is 7.47. The molecule has 0 radical (unpaired) electrons. The summed E-state index contributed by atoms with van der Waals surface area (Å²) in [5.41, 5.74) is 0. The molecule has 86 heavy (non-hydrogen) atoms. The lowest BCUT2D eigenvalue weighted by molar-refractivity contribution is -0.870. The number of nitrogens with one attached hydrogen (secondary N) is 1. The zero-order valence-electron chi connectivity index (χ0n) is 56.5. The van der Waals surface area contributed by atoms with Gasteiger partial charge in [0, 0.05) is 6.42 Å². The Balaban J connectivity index is 4.17. The second-order valence-corrected chi connectivity index (χ2v) is 26.3. The number of phosphoric acid groups is 1. The van der Waals surface area contributed by atoms with E-state index < -0.39 is 20.0 Å². The van der Waals surface area contributed by atoms with Gasteiger partial charge in [0.1, 0.15) is 13.2 Å². The number of hydrogen-bond acceptors (Lipinski definition) is 5. The Labute approximate surface area is 532 Å². The van der Waals surface area contributed by atoms with Crippen LogP contribution in [-0.4, -0.2) is 73.4 Å². The first-order valence-corrected chi connectivity index (χ1v) is 37.1. The second-order valence-electron chi connectivity index (χ2n) is 24.9. The first kappa shape index (κ1) is 82.6. The summed E-state index contributed by atoms with van der Waals surface area (Å²) in [7, 11) is 1.54. The van der Waals surface area contributed by atoms with Gasteiger partial charge in [-0.15, -0.1) is 0 Å². The van der Waals surface area contributed by atoms with Gasteiger partial charge in [-0.3, -0.25) is 13.8 Å². The van der Waals surface area contributed by atoms with Crippen molar-refractivity contribution in [3.63, 3.8) is 0 Å². The number of unbranched alkanes of at least 4 members (excludes halogenated alkanes) is 31. The second kappa shape index (κ2) is 66.1. The Hall–Kier alpha value is -3.36. The molecule has 0 saturated heterocycles. The minimum Gasteiger partial charge on any atom is -0.387 e. The van der Waals surface area contributed by atoms with Crippen LogP contribution < -0.4 is 5.32 Å². The van der Waals surface area contributed by atoms with Gasteiger partial charge in [0.05, 0.1) is 39.9 Å². The fraction of sp³-hybridized carbons (Fsp3) is 0.701. The number of carbonyl (C=O) groups is 1. The summed E-state index contributed by atoms with van der Waals surface area (Å²) in [6, 6.07) is -0.878. The fourth-order valence-corrected chi connectivity index (χ4v) is 10.6. The number of rotatable bonds is 64. The lowest BCUT2D eigenvalue weighted by atomic mass is 10.0. The number of quaternary nitrogens is 1. The third kappa shape index (κ3) is 68.1. The van der Waals surface area contributed by atoms with Gasteiger partial charge in [-0.05, 0) is 103 Å². The third-order valence-corrected chi connectivity index (χ3v) is 16.3. The molecule has 0 heterocycles. The zero-order valence-corrected chi connectivity index (χ0v) is 57.4. The van der Waals surface area contributed by atoms with Gasteiger partial charge in [-0.2, -0.15) is 0 Å². The van der Waals surface area contributed by atoms with Crippen molar-refractivity contribution in [2.45, 2.75) is 309 Å². The van der Waals surface area contributed by atoms with Crippen LogP contribution in [0.3, 0.4) is 0 Å². The van der Waals surface area contributed by atoms with E-state index >= 15 is 0 Å². The molecule has 0 bridgehead atoms. The normalized spacial score (nSPS) is 14.5. The van der Waals surface area contributed by atoms with E-state index in [-0.39, 0.29) is 19.1 Å². The number of nitrogens with zero attached hydrogens (tertiary/aromatic N) is 1. The van der Waals surface area contributed by atoms with E-state index in [0.717, 1.165) is 103 Å². The Morgan fingerprint density at radius 2 is 0.709 bits per heavy atom. The molecule has 3 unspecified atom stereocenters. The van der Waals surface area contributed by atoms with Crippen molar-refractivity contribution >= 4 is 13.7 Å². The zero-order chi connectivity index (χ0) is 62.6. The number of phosphoric ester groups is 1. The van der Waals surface area contributed by atoms with Gasteiger partial charge in [0.15, 0.2) is 0 Å². The van der Waals surface area contributed by atoms with Crippen molar-refractivity contribution in [3.05, 3.63) is 134 Å². The van der Waals surface area contributed by atoms with Crippen LogP contribution in [0.15, 0.2) is 134 Å². The first-order chi connectivity index (χ1) is 42.0. The molecule has 1 amide bonds. The summed E-state index contributed by atoms with van der Waals surface area (Å²) < 4.78 is 23.8. The van der Waals surface area contributed by atoms with Crippen LogP contribution in [0.1, 0.15) is 296 Å². The highest BCUT2D eigenvalue weighted by Crippen LogP contribution is 2.43. The molecule has 494 valence electrons. The standard InChI is InChI=1S/C77H135N2O6P/c1-6-8-10-12-14-16-18-20-22-24-26-28-30-32-34-35-36-37-38-39-40-41-42-43-45-47-49-51-53-55-57-59-61-63-65-67-69-71-77(81)78-75(74-85-86(82,83)84-73-72-79(3,4)5)76(80)70-68-66-64-62-60-58-56-54-52-50-48-46-44-33-31-29-27-25-23-21-19-17-15-13-11-9-7-2/h8,10,14,16,20,22,26,28,32,34,36-37,39-40,42-43,47,49,60,62,68,70,75-76,80H,6-7,9,11-13,15,17-19,21,23-25,27,29-31,33,35,38,41,44-46,48,50-59,61,63-67,69,71-74H2,1-5H3,(H-,78,81,82,83)/p+1/b10-8-,16-14-,22-20-,28-26-,34-32-,37-36-,40-39-,43-42-,49-47-,62-60+,70-68+. The van der Waals surface area contributed by atoms with E-state index in [2.05, 4.69) is 141 Å². The minimum absolute atomic E-state index is 0.0489. The highest BCUT2D eigenvalue weighted by Gasteiger charge is 2.28. The molecule has 0 spiro atoms. The van der Waals surface area contributed by atoms with E-state index in [1.165, 1.54) is 173 Å². The quantitative estimate of drug-likeness (QED) is 0.0243. The summed E-state index contributed by atoms with van der Waals surface area (Å²) in [4.78, 5) is 23.4. The number of likely N-dealkylation sites (N-methyl/N-ethyl adjacent to an activating group) is 1. The summed E-state index contributed by atoms with van der Waals surface area (Å²) in [6.07, 6.45) is 100. The van der Waals surface area contributed by atoms with Gasteiger partial charge in [-0.25, -0.2) is 4.57 Å². The van der Waals surface area contributed by atoms with Crippen LogP contribution in [-0.2, 0) is 18.4 Å². The smallest absolute Gasteiger partial charge is 0.387 e. The van der Waals surface area contributed by atoms with Crippen LogP contribution in [0.25, 0.3) is 0 Å². The monoisotopic (exact) mass is 1220 g/mol. The molecule has 0 saturated carbocycles. The summed E-state index contributed by atoms with van der Waals surface area (Å²) >= 11 is 0. The molecule has 0 aromatic heterocycles. The summed E-state index contributed by atoms with van der Waals surface area (Å²) in [5, 5.41) is 14.0. The van der Waals surface area contributed by atoms with Crippen LogP contribution in [0.2, 0.25) is 0 Å². The first-order valence-electron chi connectivity index (χ1n) is 35.6.